The normalized spacial score (nSPS) is 11.9. The van der Waals surface area contributed by atoms with Gasteiger partial charge in [0.05, 0.1) is 12.8 Å². The summed E-state index contributed by atoms with van der Waals surface area (Å²) in [5.41, 5.74) is 0.0732. The number of halogens is 2. The van der Waals surface area contributed by atoms with Crippen LogP contribution in [0, 0.1) is 11.6 Å². The summed E-state index contributed by atoms with van der Waals surface area (Å²) in [4.78, 5) is 22.2. The topological polar surface area (TPSA) is 66.4 Å². The van der Waals surface area contributed by atoms with Gasteiger partial charge in [0.25, 0.3) is 0 Å². The largest absolute Gasteiger partial charge is 0.481 e. The third-order valence-corrected chi connectivity index (χ3v) is 2.65. The molecule has 0 radical (unpaired) electrons. The average Bonchev–Trinajstić information content (AvgIpc) is 2.31. The molecule has 1 aromatic rings. The summed E-state index contributed by atoms with van der Waals surface area (Å²) in [5, 5.41) is 11.1. The fraction of sp³-hybridized carbons (Fsp3) is 0.385. The van der Waals surface area contributed by atoms with Gasteiger partial charge in [-0.15, -0.1) is 0 Å². The van der Waals surface area contributed by atoms with Gasteiger partial charge in [0.2, 0.25) is 5.91 Å². The zero-order valence-corrected chi connectivity index (χ0v) is 10.5. The van der Waals surface area contributed by atoms with Gasteiger partial charge in [0, 0.05) is 12.1 Å². The van der Waals surface area contributed by atoms with Gasteiger partial charge in [-0.05, 0) is 18.1 Å². The Morgan fingerprint density at radius 2 is 2.05 bits per heavy atom. The van der Waals surface area contributed by atoms with E-state index < -0.39 is 29.6 Å². The van der Waals surface area contributed by atoms with Crippen molar-refractivity contribution in [3.8, 4) is 0 Å². The van der Waals surface area contributed by atoms with Crippen molar-refractivity contribution in [1.82, 2.24) is 5.32 Å². The van der Waals surface area contributed by atoms with Crippen LogP contribution < -0.4 is 5.32 Å². The molecule has 0 aromatic heterocycles. The molecule has 6 heteroatoms. The third kappa shape index (κ3) is 5.03. The average molecular weight is 271 g/mol. The Hall–Kier alpha value is -1.98. The molecule has 0 saturated heterocycles. The van der Waals surface area contributed by atoms with Crippen LogP contribution in [0.4, 0.5) is 8.78 Å². The van der Waals surface area contributed by atoms with Crippen molar-refractivity contribution in [3.05, 3.63) is 35.4 Å². The van der Waals surface area contributed by atoms with E-state index in [-0.39, 0.29) is 18.4 Å². The first kappa shape index (κ1) is 15.1. The van der Waals surface area contributed by atoms with Crippen molar-refractivity contribution in [2.24, 2.45) is 0 Å². The molecule has 1 aromatic carbocycles. The van der Waals surface area contributed by atoms with Crippen molar-refractivity contribution in [2.75, 3.05) is 0 Å². The first-order valence-corrected chi connectivity index (χ1v) is 5.87. The second-order valence-electron chi connectivity index (χ2n) is 4.18. The SMILES string of the molecule is CCC(CC(=O)O)NC(=O)Cc1ccc(F)cc1F. The van der Waals surface area contributed by atoms with Gasteiger partial charge in [-0.1, -0.05) is 13.0 Å². The van der Waals surface area contributed by atoms with Crippen LogP contribution in [0.3, 0.4) is 0 Å². The highest BCUT2D eigenvalue weighted by molar-refractivity contribution is 5.79. The van der Waals surface area contributed by atoms with Gasteiger partial charge in [-0.3, -0.25) is 9.59 Å². The van der Waals surface area contributed by atoms with Crippen LogP contribution in [-0.4, -0.2) is 23.0 Å². The minimum atomic E-state index is -1.01. The van der Waals surface area contributed by atoms with Crippen LogP contribution in [0.2, 0.25) is 0 Å². The molecule has 104 valence electrons. The molecule has 0 aliphatic carbocycles. The Balaban J connectivity index is 2.61. The summed E-state index contributed by atoms with van der Waals surface area (Å²) >= 11 is 0. The maximum Gasteiger partial charge on any atom is 0.305 e. The summed E-state index contributed by atoms with van der Waals surface area (Å²) in [6.07, 6.45) is 0.0281. The predicted octanol–water partition coefficient (Wildman–Crippen LogP) is 1.88. The molecule has 1 rings (SSSR count). The molecular formula is C13H15F2NO3. The van der Waals surface area contributed by atoms with Gasteiger partial charge < -0.3 is 10.4 Å². The molecule has 0 heterocycles. The number of carboxylic acids is 1. The van der Waals surface area contributed by atoms with Crippen molar-refractivity contribution < 1.29 is 23.5 Å². The molecule has 1 amide bonds. The molecule has 19 heavy (non-hydrogen) atoms. The Bertz CT molecular complexity index is 477. The number of benzene rings is 1. The van der Waals surface area contributed by atoms with Crippen LogP contribution in [0.1, 0.15) is 25.3 Å². The molecule has 0 aliphatic heterocycles. The lowest BCUT2D eigenvalue weighted by Crippen LogP contribution is -2.37. The number of carbonyl (C=O) groups excluding carboxylic acids is 1. The Morgan fingerprint density at radius 1 is 1.37 bits per heavy atom. The van der Waals surface area contributed by atoms with E-state index in [4.69, 9.17) is 5.11 Å². The smallest absolute Gasteiger partial charge is 0.305 e. The fourth-order valence-electron chi connectivity index (χ4n) is 1.62. The summed E-state index contributed by atoms with van der Waals surface area (Å²) < 4.78 is 26.0. The molecular weight excluding hydrogens is 256 g/mol. The lowest BCUT2D eigenvalue weighted by molar-refractivity contribution is -0.137. The molecule has 0 fully saturated rings. The van der Waals surface area contributed by atoms with Gasteiger partial charge >= 0.3 is 5.97 Å². The summed E-state index contributed by atoms with van der Waals surface area (Å²) in [7, 11) is 0. The number of hydrogen-bond donors (Lipinski definition) is 2. The Labute approximate surface area is 109 Å². The Morgan fingerprint density at radius 3 is 2.58 bits per heavy atom. The maximum atomic E-state index is 13.3. The highest BCUT2D eigenvalue weighted by Crippen LogP contribution is 2.10. The number of aliphatic carboxylic acids is 1. The molecule has 2 N–H and O–H groups in total. The van der Waals surface area contributed by atoms with E-state index in [0.717, 1.165) is 6.07 Å². The van der Waals surface area contributed by atoms with Crippen LogP contribution in [0.25, 0.3) is 0 Å². The number of rotatable bonds is 6. The second-order valence-corrected chi connectivity index (χ2v) is 4.18. The van der Waals surface area contributed by atoms with Crippen LogP contribution in [0.15, 0.2) is 18.2 Å². The number of carboxylic acid groups (broad SMARTS) is 1. The zero-order valence-electron chi connectivity index (χ0n) is 10.5. The Kier molecular flexibility index (Phi) is 5.41. The van der Waals surface area contributed by atoms with Crippen LogP contribution in [0.5, 0.6) is 0 Å². The predicted molar refractivity (Wildman–Crippen MR) is 64.5 cm³/mol. The van der Waals surface area contributed by atoms with E-state index in [1.807, 2.05) is 0 Å². The van der Waals surface area contributed by atoms with Gasteiger partial charge in [-0.2, -0.15) is 0 Å². The van der Waals surface area contributed by atoms with E-state index in [1.165, 1.54) is 6.07 Å². The number of carbonyl (C=O) groups is 2. The quantitative estimate of drug-likeness (QED) is 0.830. The van der Waals surface area contributed by atoms with E-state index in [2.05, 4.69) is 5.32 Å². The number of amides is 1. The fourth-order valence-corrected chi connectivity index (χ4v) is 1.62. The summed E-state index contributed by atoms with van der Waals surface area (Å²) in [6, 6.07) is 2.48. The molecule has 0 bridgehead atoms. The second kappa shape index (κ2) is 6.82. The number of nitrogens with one attached hydrogen (secondary N) is 1. The lowest BCUT2D eigenvalue weighted by atomic mass is 10.1. The maximum absolute atomic E-state index is 13.3. The van der Waals surface area contributed by atoms with Crippen LogP contribution >= 0.6 is 0 Å². The van der Waals surface area contributed by atoms with Crippen molar-refractivity contribution in [2.45, 2.75) is 32.2 Å². The number of hydrogen-bond acceptors (Lipinski definition) is 2. The van der Waals surface area contributed by atoms with Crippen molar-refractivity contribution in [3.63, 3.8) is 0 Å². The van der Waals surface area contributed by atoms with Crippen molar-refractivity contribution in [1.29, 1.82) is 0 Å². The monoisotopic (exact) mass is 271 g/mol. The summed E-state index contributed by atoms with van der Waals surface area (Å²) in [5.74, 6) is -3.00. The van der Waals surface area contributed by atoms with Gasteiger partial charge in [0.15, 0.2) is 0 Å². The highest BCUT2D eigenvalue weighted by atomic mass is 19.1. The molecule has 4 nitrogen and oxygen atoms in total. The molecule has 1 unspecified atom stereocenters. The first-order valence-electron chi connectivity index (χ1n) is 5.87. The van der Waals surface area contributed by atoms with E-state index in [1.54, 1.807) is 6.92 Å². The lowest BCUT2D eigenvalue weighted by Gasteiger charge is -2.14. The zero-order chi connectivity index (χ0) is 14.4. The highest BCUT2D eigenvalue weighted by Gasteiger charge is 2.15. The minimum Gasteiger partial charge on any atom is -0.481 e. The van der Waals surface area contributed by atoms with E-state index >= 15 is 0 Å². The minimum absolute atomic E-state index is 0.0732. The van der Waals surface area contributed by atoms with Gasteiger partial charge in [-0.25, -0.2) is 8.78 Å². The molecule has 1 atom stereocenters. The molecule has 0 spiro atoms. The van der Waals surface area contributed by atoms with Crippen LogP contribution in [-0.2, 0) is 16.0 Å². The molecule has 0 aliphatic rings. The van der Waals surface area contributed by atoms with E-state index in [0.29, 0.717) is 12.5 Å². The molecule has 0 saturated carbocycles. The third-order valence-electron chi connectivity index (χ3n) is 2.65. The standard InChI is InChI=1S/C13H15F2NO3/c1-2-10(7-13(18)19)16-12(17)5-8-3-4-9(14)6-11(8)15/h3-4,6,10H,2,5,7H2,1H3,(H,16,17)(H,18,19). The summed E-state index contributed by atoms with van der Waals surface area (Å²) in [6.45, 7) is 1.74. The first-order chi connectivity index (χ1) is 8.92. The van der Waals surface area contributed by atoms with E-state index in [9.17, 15) is 18.4 Å². The van der Waals surface area contributed by atoms with Gasteiger partial charge in [0.1, 0.15) is 11.6 Å². The van der Waals surface area contributed by atoms with Crippen molar-refractivity contribution >= 4 is 11.9 Å².